The molecule has 1 atom stereocenters. The number of alkyl halides is 1. The van der Waals surface area contributed by atoms with Gasteiger partial charge >= 0.3 is 5.97 Å². The van der Waals surface area contributed by atoms with Crippen molar-refractivity contribution in [3.63, 3.8) is 0 Å². The first-order valence-electron chi connectivity index (χ1n) is 5.99. The van der Waals surface area contributed by atoms with E-state index >= 15 is 0 Å². The fourth-order valence-electron chi connectivity index (χ4n) is 1.31. The van der Waals surface area contributed by atoms with Crippen molar-refractivity contribution in [2.45, 2.75) is 51.6 Å². The van der Waals surface area contributed by atoms with Gasteiger partial charge in [-0.3, -0.25) is 4.79 Å². The number of carbonyl (C=O) groups is 1. The Kier molecular flexibility index (Phi) is 11.0. The Morgan fingerprint density at radius 3 is 2.50 bits per heavy atom. The molecular weight excluding hydrogens is 228 g/mol. The first-order valence-corrected chi connectivity index (χ1v) is 6.52. The normalized spacial score (nSPS) is 12.4. The molecule has 0 aromatic rings. The number of hydrogen-bond acceptors (Lipinski definition) is 3. The lowest BCUT2D eigenvalue weighted by molar-refractivity contribution is -0.146. The number of rotatable bonds is 10. The van der Waals surface area contributed by atoms with Crippen molar-refractivity contribution in [3.8, 4) is 0 Å². The molecule has 0 heterocycles. The molecule has 0 fully saturated rings. The van der Waals surface area contributed by atoms with E-state index in [2.05, 4.69) is 6.92 Å². The molecule has 0 amide bonds. The molecule has 0 N–H and O–H groups in total. The molecule has 16 heavy (non-hydrogen) atoms. The van der Waals surface area contributed by atoms with Crippen LogP contribution in [0.4, 0.5) is 0 Å². The number of carbonyl (C=O) groups excluding carboxylic acids is 1. The summed E-state index contributed by atoms with van der Waals surface area (Å²) in [6.45, 7) is 2.43. The number of halogens is 1. The van der Waals surface area contributed by atoms with Crippen molar-refractivity contribution in [1.82, 2.24) is 0 Å². The SMILES string of the molecule is CCCCCCCC(=O)OCC(CCl)OC. The maximum atomic E-state index is 11.3. The van der Waals surface area contributed by atoms with E-state index in [0.29, 0.717) is 12.3 Å². The maximum Gasteiger partial charge on any atom is 0.305 e. The fourth-order valence-corrected chi connectivity index (χ4v) is 1.52. The Morgan fingerprint density at radius 1 is 1.25 bits per heavy atom. The standard InChI is InChI=1S/C12H23ClO3/c1-3-4-5-6-7-8-12(14)16-10-11(9-13)15-2/h11H,3-10H2,1-2H3. The van der Waals surface area contributed by atoms with E-state index < -0.39 is 0 Å². The van der Waals surface area contributed by atoms with Crippen molar-refractivity contribution in [2.75, 3.05) is 19.6 Å². The Labute approximate surface area is 103 Å². The summed E-state index contributed by atoms with van der Waals surface area (Å²) >= 11 is 5.60. The van der Waals surface area contributed by atoms with Gasteiger partial charge in [0.1, 0.15) is 12.7 Å². The van der Waals surface area contributed by atoms with Gasteiger partial charge in [-0.1, -0.05) is 32.6 Å². The second-order valence-electron chi connectivity index (χ2n) is 3.86. The summed E-state index contributed by atoms with van der Waals surface area (Å²) in [5.41, 5.74) is 0. The second-order valence-corrected chi connectivity index (χ2v) is 4.17. The van der Waals surface area contributed by atoms with Gasteiger partial charge in [0.2, 0.25) is 0 Å². The number of methoxy groups -OCH3 is 1. The van der Waals surface area contributed by atoms with Gasteiger partial charge < -0.3 is 9.47 Å². The molecule has 0 aromatic heterocycles. The third-order valence-electron chi connectivity index (χ3n) is 2.42. The summed E-state index contributed by atoms with van der Waals surface area (Å²) in [4.78, 5) is 11.3. The van der Waals surface area contributed by atoms with Gasteiger partial charge in [-0.15, -0.1) is 11.6 Å². The van der Waals surface area contributed by atoms with E-state index in [1.54, 1.807) is 7.11 Å². The average molecular weight is 251 g/mol. The van der Waals surface area contributed by atoms with Gasteiger partial charge in [0.05, 0.1) is 5.88 Å². The zero-order chi connectivity index (χ0) is 12.2. The molecule has 0 aliphatic carbocycles. The van der Waals surface area contributed by atoms with Crippen molar-refractivity contribution in [3.05, 3.63) is 0 Å². The maximum absolute atomic E-state index is 11.3. The third kappa shape index (κ3) is 8.98. The molecule has 0 aliphatic rings. The first kappa shape index (κ1) is 15.7. The van der Waals surface area contributed by atoms with Crippen LogP contribution >= 0.6 is 11.6 Å². The van der Waals surface area contributed by atoms with Crippen LogP contribution in [0.2, 0.25) is 0 Å². The highest BCUT2D eigenvalue weighted by Crippen LogP contribution is 2.06. The molecule has 0 aromatic carbocycles. The van der Waals surface area contributed by atoms with Gasteiger partial charge in [-0.2, -0.15) is 0 Å². The smallest absolute Gasteiger partial charge is 0.305 e. The number of unbranched alkanes of at least 4 members (excludes halogenated alkanes) is 4. The number of esters is 1. The van der Waals surface area contributed by atoms with Gasteiger partial charge in [0.25, 0.3) is 0 Å². The number of hydrogen-bond donors (Lipinski definition) is 0. The Morgan fingerprint density at radius 2 is 1.94 bits per heavy atom. The molecule has 0 saturated heterocycles. The molecule has 1 unspecified atom stereocenters. The molecular formula is C12H23ClO3. The molecule has 96 valence electrons. The molecule has 0 radical (unpaired) electrons. The number of ether oxygens (including phenoxy) is 2. The largest absolute Gasteiger partial charge is 0.463 e. The molecule has 0 spiro atoms. The highest BCUT2D eigenvalue weighted by Gasteiger charge is 2.09. The lowest BCUT2D eigenvalue weighted by atomic mass is 10.1. The van der Waals surface area contributed by atoms with Crippen LogP contribution in [-0.4, -0.2) is 31.7 Å². The zero-order valence-corrected chi connectivity index (χ0v) is 11.1. The van der Waals surface area contributed by atoms with E-state index in [1.165, 1.54) is 19.3 Å². The van der Waals surface area contributed by atoms with Crippen LogP contribution in [0.3, 0.4) is 0 Å². The van der Waals surface area contributed by atoms with Crippen molar-refractivity contribution < 1.29 is 14.3 Å². The van der Waals surface area contributed by atoms with Crippen LogP contribution in [0.5, 0.6) is 0 Å². The Balaban J connectivity index is 3.37. The van der Waals surface area contributed by atoms with Crippen LogP contribution in [0.15, 0.2) is 0 Å². The van der Waals surface area contributed by atoms with Crippen LogP contribution in [0, 0.1) is 0 Å². The van der Waals surface area contributed by atoms with E-state index in [0.717, 1.165) is 12.8 Å². The van der Waals surface area contributed by atoms with Crippen molar-refractivity contribution >= 4 is 17.6 Å². The monoisotopic (exact) mass is 250 g/mol. The molecule has 0 bridgehead atoms. The van der Waals surface area contributed by atoms with E-state index in [-0.39, 0.29) is 18.7 Å². The minimum absolute atomic E-state index is 0.149. The van der Waals surface area contributed by atoms with Crippen LogP contribution in [0.1, 0.15) is 45.4 Å². The van der Waals surface area contributed by atoms with Gasteiger partial charge in [0, 0.05) is 13.5 Å². The van der Waals surface area contributed by atoms with Crippen LogP contribution in [0.25, 0.3) is 0 Å². The molecule has 3 nitrogen and oxygen atoms in total. The molecule has 4 heteroatoms. The van der Waals surface area contributed by atoms with Gasteiger partial charge in [0.15, 0.2) is 0 Å². The van der Waals surface area contributed by atoms with E-state index in [1.807, 2.05) is 0 Å². The summed E-state index contributed by atoms with van der Waals surface area (Å²) in [7, 11) is 1.56. The van der Waals surface area contributed by atoms with E-state index in [9.17, 15) is 4.79 Å². The lowest BCUT2D eigenvalue weighted by Gasteiger charge is -2.12. The van der Waals surface area contributed by atoms with E-state index in [4.69, 9.17) is 21.1 Å². The predicted octanol–water partition coefficient (Wildman–Crippen LogP) is 3.14. The molecule has 0 aliphatic heterocycles. The van der Waals surface area contributed by atoms with Gasteiger partial charge in [-0.05, 0) is 6.42 Å². The summed E-state index contributed by atoms with van der Waals surface area (Å²) in [6.07, 6.45) is 5.99. The predicted molar refractivity (Wildman–Crippen MR) is 65.9 cm³/mol. The quantitative estimate of drug-likeness (QED) is 0.339. The Hall–Kier alpha value is -0.280. The third-order valence-corrected chi connectivity index (χ3v) is 2.76. The zero-order valence-electron chi connectivity index (χ0n) is 10.3. The van der Waals surface area contributed by atoms with Crippen molar-refractivity contribution in [2.24, 2.45) is 0 Å². The lowest BCUT2D eigenvalue weighted by Crippen LogP contribution is -2.22. The summed E-state index contributed by atoms with van der Waals surface area (Å²) < 4.78 is 10.0. The van der Waals surface area contributed by atoms with Gasteiger partial charge in [-0.25, -0.2) is 0 Å². The second kappa shape index (κ2) is 11.2. The summed E-state index contributed by atoms with van der Waals surface area (Å²) in [6, 6.07) is 0. The minimum atomic E-state index is -0.189. The first-order chi connectivity index (χ1) is 7.74. The average Bonchev–Trinajstić information content (AvgIpc) is 2.30. The molecule has 0 rings (SSSR count). The summed E-state index contributed by atoms with van der Waals surface area (Å²) in [5.74, 6) is 0.198. The highest BCUT2D eigenvalue weighted by atomic mass is 35.5. The van der Waals surface area contributed by atoms with Crippen molar-refractivity contribution in [1.29, 1.82) is 0 Å². The summed E-state index contributed by atoms with van der Waals surface area (Å²) in [5, 5.41) is 0. The molecule has 0 saturated carbocycles. The topological polar surface area (TPSA) is 35.5 Å². The Bertz CT molecular complexity index is 170. The fraction of sp³-hybridized carbons (Fsp3) is 0.917. The van der Waals surface area contributed by atoms with Crippen LogP contribution in [-0.2, 0) is 14.3 Å². The highest BCUT2D eigenvalue weighted by molar-refractivity contribution is 6.18. The van der Waals surface area contributed by atoms with Crippen LogP contribution < -0.4 is 0 Å². The minimum Gasteiger partial charge on any atom is -0.463 e.